The van der Waals surface area contributed by atoms with E-state index in [4.69, 9.17) is 17.0 Å². The molecule has 0 fully saturated rings. The summed E-state index contributed by atoms with van der Waals surface area (Å²) in [6, 6.07) is 11.3. The molecule has 132 valence electrons. The number of aryl methyl sites for hydroxylation is 1. The van der Waals surface area contributed by atoms with Gasteiger partial charge in [-0.1, -0.05) is 26.0 Å². The van der Waals surface area contributed by atoms with Crippen molar-refractivity contribution >= 4 is 45.0 Å². The summed E-state index contributed by atoms with van der Waals surface area (Å²) in [6.07, 6.45) is 0. The molecule has 1 aromatic carbocycles. The average Bonchev–Trinajstić information content (AvgIpc) is 2.56. The molecular formula is C18H20BrN3O2S. The van der Waals surface area contributed by atoms with Crippen molar-refractivity contribution in [1.29, 1.82) is 0 Å². The highest BCUT2D eigenvalue weighted by molar-refractivity contribution is 9.10. The van der Waals surface area contributed by atoms with Gasteiger partial charge >= 0.3 is 0 Å². The molecule has 0 bridgehead atoms. The molecule has 0 saturated carbocycles. The molecule has 2 aromatic rings. The number of thiocarbonyl (C=S) groups is 1. The lowest BCUT2D eigenvalue weighted by Gasteiger charge is -2.11. The number of anilines is 1. The third-order valence-electron chi connectivity index (χ3n) is 3.43. The Morgan fingerprint density at radius 3 is 2.52 bits per heavy atom. The van der Waals surface area contributed by atoms with Gasteiger partial charge in [0, 0.05) is 4.47 Å². The Kier molecular flexibility index (Phi) is 6.90. The van der Waals surface area contributed by atoms with E-state index in [9.17, 15) is 4.79 Å². The van der Waals surface area contributed by atoms with Crippen LogP contribution in [0.5, 0.6) is 5.75 Å². The van der Waals surface area contributed by atoms with Crippen LogP contribution in [-0.2, 0) is 4.79 Å². The van der Waals surface area contributed by atoms with Gasteiger partial charge < -0.3 is 10.1 Å². The number of nitrogens with zero attached hydrogens (tertiary/aromatic N) is 1. The molecule has 25 heavy (non-hydrogen) atoms. The van der Waals surface area contributed by atoms with Gasteiger partial charge in [-0.15, -0.1) is 0 Å². The minimum Gasteiger partial charge on any atom is -0.484 e. The van der Waals surface area contributed by atoms with Crippen LogP contribution in [0.3, 0.4) is 0 Å². The number of hydrogen-bond donors (Lipinski definition) is 2. The second-order valence-electron chi connectivity index (χ2n) is 5.78. The second kappa shape index (κ2) is 8.92. The molecule has 0 spiro atoms. The first-order valence-electron chi connectivity index (χ1n) is 7.82. The summed E-state index contributed by atoms with van der Waals surface area (Å²) in [6.45, 7) is 6.00. The van der Waals surface area contributed by atoms with Crippen LogP contribution in [0.4, 0.5) is 5.82 Å². The zero-order valence-corrected chi connectivity index (χ0v) is 16.7. The van der Waals surface area contributed by atoms with E-state index in [2.05, 4.69) is 45.4 Å². The van der Waals surface area contributed by atoms with Crippen molar-refractivity contribution in [2.75, 3.05) is 11.9 Å². The zero-order valence-electron chi connectivity index (χ0n) is 14.3. The van der Waals surface area contributed by atoms with Crippen molar-refractivity contribution in [3.05, 3.63) is 52.1 Å². The Morgan fingerprint density at radius 1 is 1.24 bits per heavy atom. The van der Waals surface area contributed by atoms with Gasteiger partial charge in [-0.2, -0.15) is 0 Å². The van der Waals surface area contributed by atoms with Crippen molar-refractivity contribution < 1.29 is 9.53 Å². The van der Waals surface area contributed by atoms with Crippen LogP contribution in [0.1, 0.15) is 31.0 Å². The molecule has 0 radical (unpaired) electrons. The number of halogens is 1. The van der Waals surface area contributed by atoms with Gasteiger partial charge in [0.05, 0.1) is 5.69 Å². The normalized spacial score (nSPS) is 10.4. The van der Waals surface area contributed by atoms with E-state index < -0.39 is 0 Å². The van der Waals surface area contributed by atoms with Crippen LogP contribution >= 0.6 is 28.1 Å². The molecule has 1 amide bonds. The Bertz CT molecular complexity index is 763. The van der Waals surface area contributed by atoms with E-state index in [0.29, 0.717) is 17.5 Å². The van der Waals surface area contributed by atoms with Crippen molar-refractivity contribution in [1.82, 2.24) is 10.3 Å². The predicted molar refractivity (Wildman–Crippen MR) is 107 cm³/mol. The fourth-order valence-electron chi connectivity index (χ4n) is 2.02. The molecule has 0 unspecified atom stereocenters. The fourth-order valence-corrected chi connectivity index (χ4v) is 2.46. The molecule has 0 aliphatic rings. The number of pyridine rings is 1. The Hall–Kier alpha value is -1.99. The van der Waals surface area contributed by atoms with Crippen LogP contribution in [0, 0.1) is 6.92 Å². The summed E-state index contributed by atoms with van der Waals surface area (Å²) in [4.78, 5) is 16.2. The topological polar surface area (TPSA) is 63.2 Å². The molecular weight excluding hydrogens is 402 g/mol. The van der Waals surface area contributed by atoms with Crippen molar-refractivity contribution in [2.24, 2.45) is 0 Å². The van der Waals surface area contributed by atoms with Gasteiger partial charge in [0.15, 0.2) is 11.7 Å². The molecule has 2 rings (SSSR count). The van der Waals surface area contributed by atoms with E-state index in [1.165, 1.54) is 5.56 Å². The summed E-state index contributed by atoms with van der Waals surface area (Å²) in [5.41, 5.74) is 2.05. The van der Waals surface area contributed by atoms with Gasteiger partial charge in [0.2, 0.25) is 0 Å². The minimum atomic E-state index is -0.334. The lowest BCUT2D eigenvalue weighted by molar-refractivity contribution is -0.121. The number of amides is 1. The van der Waals surface area contributed by atoms with Crippen LogP contribution in [0.2, 0.25) is 0 Å². The van der Waals surface area contributed by atoms with E-state index in [1.54, 1.807) is 6.07 Å². The number of ether oxygens (including phenoxy) is 1. The largest absolute Gasteiger partial charge is 0.484 e. The number of nitrogens with one attached hydrogen (secondary N) is 2. The van der Waals surface area contributed by atoms with E-state index in [0.717, 1.165) is 10.2 Å². The smallest absolute Gasteiger partial charge is 0.264 e. The first-order chi connectivity index (χ1) is 11.8. The number of aromatic nitrogens is 1. The van der Waals surface area contributed by atoms with E-state index >= 15 is 0 Å². The molecule has 0 atom stereocenters. The fraction of sp³-hybridized carbons (Fsp3) is 0.278. The first kappa shape index (κ1) is 19.3. The zero-order chi connectivity index (χ0) is 18.4. The highest BCUT2D eigenvalue weighted by Gasteiger charge is 2.08. The van der Waals surface area contributed by atoms with Crippen molar-refractivity contribution in [3.8, 4) is 5.75 Å². The van der Waals surface area contributed by atoms with E-state index in [-0.39, 0.29) is 17.6 Å². The third-order valence-corrected chi connectivity index (χ3v) is 4.47. The number of hydrogen-bond acceptors (Lipinski definition) is 4. The lowest BCUT2D eigenvalue weighted by Crippen LogP contribution is -2.37. The van der Waals surface area contributed by atoms with Gasteiger partial charge in [-0.3, -0.25) is 10.1 Å². The number of carbonyl (C=O) groups excluding carboxylic acids is 1. The molecule has 0 aliphatic carbocycles. The Balaban J connectivity index is 1.81. The molecule has 1 heterocycles. The highest BCUT2D eigenvalue weighted by Crippen LogP contribution is 2.18. The molecule has 1 aromatic heterocycles. The molecule has 7 heteroatoms. The molecule has 5 nitrogen and oxygen atoms in total. The summed E-state index contributed by atoms with van der Waals surface area (Å²) in [7, 11) is 0. The summed E-state index contributed by atoms with van der Waals surface area (Å²) < 4.78 is 6.37. The standard InChI is InChI=1S/C18H20BrN3O2S/c1-11(2)13-4-6-14(7-5-13)24-10-17(23)22-18(25)21-16-9-8-15(19)12(3)20-16/h4-9,11H,10H2,1-3H3,(H2,20,21,22,23,25). The minimum absolute atomic E-state index is 0.115. The maximum atomic E-state index is 11.9. The Morgan fingerprint density at radius 2 is 1.92 bits per heavy atom. The number of benzene rings is 1. The SMILES string of the molecule is Cc1nc(NC(=S)NC(=O)COc2ccc(C(C)C)cc2)ccc1Br. The summed E-state index contributed by atoms with van der Waals surface area (Å²) >= 11 is 8.50. The van der Waals surface area contributed by atoms with Gasteiger partial charge in [-0.25, -0.2) is 4.98 Å². The van der Waals surface area contributed by atoms with Gasteiger partial charge in [-0.05, 0) is 70.8 Å². The van der Waals surface area contributed by atoms with Crippen LogP contribution in [-0.4, -0.2) is 22.6 Å². The lowest BCUT2D eigenvalue weighted by atomic mass is 10.0. The van der Waals surface area contributed by atoms with E-state index in [1.807, 2.05) is 37.3 Å². The van der Waals surface area contributed by atoms with Crippen molar-refractivity contribution in [2.45, 2.75) is 26.7 Å². The highest BCUT2D eigenvalue weighted by atomic mass is 79.9. The third kappa shape index (κ3) is 6.10. The average molecular weight is 422 g/mol. The number of rotatable bonds is 5. The van der Waals surface area contributed by atoms with Crippen molar-refractivity contribution in [3.63, 3.8) is 0 Å². The summed E-state index contributed by atoms with van der Waals surface area (Å²) in [5.74, 6) is 1.33. The summed E-state index contributed by atoms with van der Waals surface area (Å²) in [5, 5.41) is 5.62. The number of carbonyl (C=O) groups is 1. The molecule has 2 N–H and O–H groups in total. The first-order valence-corrected chi connectivity index (χ1v) is 9.02. The Labute approximate surface area is 161 Å². The maximum Gasteiger partial charge on any atom is 0.264 e. The van der Waals surface area contributed by atoms with Gasteiger partial charge in [0.25, 0.3) is 5.91 Å². The quantitative estimate of drug-likeness (QED) is 0.709. The molecule has 0 aliphatic heterocycles. The van der Waals surface area contributed by atoms with Crippen LogP contribution in [0.25, 0.3) is 0 Å². The van der Waals surface area contributed by atoms with Gasteiger partial charge in [0.1, 0.15) is 11.6 Å². The monoisotopic (exact) mass is 421 g/mol. The molecule has 0 saturated heterocycles. The van der Waals surface area contributed by atoms with Crippen LogP contribution in [0.15, 0.2) is 40.9 Å². The van der Waals surface area contributed by atoms with Crippen LogP contribution < -0.4 is 15.4 Å². The maximum absolute atomic E-state index is 11.9. The predicted octanol–water partition coefficient (Wildman–Crippen LogP) is 4.17. The second-order valence-corrected chi connectivity index (χ2v) is 7.04.